The molecule has 5 nitrogen and oxygen atoms in total. The molecule has 3 rings (SSSR count). The first-order valence-corrected chi connectivity index (χ1v) is 11.2. The topological polar surface area (TPSA) is 75.6 Å². The number of benzene rings is 2. The van der Waals surface area contributed by atoms with Crippen LogP contribution in [-0.2, 0) is 9.84 Å². The van der Waals surface area contributed by atoms with Gasteiger partial charge < -0.3 is 15.2 Å². The van der Waals surface area contributed by atoms with E-state index in [1.807, 2.05) is 18.2 Å². The van der Waals surface area contributed by atoms with Crippen LogP contribution in [-0.4, -0.2) is 45.1 Å². The number of nitrogens with one attached hydrogen (secondary N) is 1. The van der Waals surface area contributed by atoms with Gasteiger partial charge in [-0.2, -0.15) is 0 Å². The second-order valence-corrected chi connectivity index (χ2v) is 9.49. The van der Waals surface area contributed by atoms with Crippen LogP contribution < -0.4 is 10.1 Å². The highest BCUT2D eigenvalue weighted by atomic mass is 35.5. The van der Waals surface area contributed by atoms with Gasteiger partial charge in [0.2, 0.25) is 0 Å². The zero-order valence-electron chi connectivity index (χ0n) is 15.1. The van der Waals surface area contributed by atoms with Crippen LogP contribution in [0.4, 0.5) is 0 Å². The summed E-state index contributed by atoms with van der Waals surface area (Å²) in [7, 11) is -3.21. The molecule has 146 valence electrons. The Labute approximate surface area is 165 Å². The molecular weight excluding hydrogens is 386 g/mol. The van der Waals surface area contributed by atoms with Gasteiger partial charge in [-0.05, 0) is 60.7 Å². The average molecular weight is 410 g/mol. The second-order valence-electron chi connectivity index (χ2n) is 7.04. The maximum absolute atomic E-state index is 11.4. The molecule has 7 heteroatoms. The zero-order chi connectivity index (χ0) is 19.4. The van der Waals surface area contributed by atoms with Gasteiger partial charge in [0.25, 0.3) is 0 Å². The summed E-state index contributed by atoms with van der Waals surface area (Å²) >= 11 is 6.03. The van der Waals surface area contributed by atoms with Crippen LogP contribution in [0.2, 0.25) is 5.02 Å². The fraction of sp³-hybridized carbons (Fsp3) is 0.400. The van der Waals surface area contributed by atoms with E-state index in [-0.39, 0.29) is 11.5 Å². The molecule has 0 heterocycles. The van der Waals surface area contributed by atoms with Gasteiger partial charge in [0.1, 0.15) is 18.5 Å². The van der Waals surface area contributed by atoms with Crippen molar-refractivity contribution in [2.45, 2.75) is 35.8 Å². The van der Waals surface area contributed by atoms with E-state index >= 15 is 0 Å². The predicted molar refractivity (Wildman–Crippen MR) is 106 cm³/mol. The Morgan fingerprint density at radius 3 is 2.56 bits per heavy atom. The molecule has 2 aromatic carbocycles. The van der Waals surface area contributed by atoms with Crippen molar-refractivity contribution in [1.29, 1.82) is 0 Å². The summed E-state index contributed by atoms with van der Waals surface area (Å²) in [5.41, 5.74) is 1.27. The van der Waals surface area contributed by atoms with Gasteiger partial charge in [-0.1, -0.05) is 23.7 Å². The number of sulfone groups is 1. The number of hydrogen-bond donors (Lipinski definition) is 2. The Kier molecular flexibility index (Phi) is 6.42. The lowest BCUT2D eigenvalue weighted by molar-refractivity contribution is 0.0981. The number of rotatable bonds is 8. The number of aliphatic hydroxyl groups is 1. The molecule has 0 amide bonds. The fourth-order valence-electron chi connectivity index (χ4n) is 3.15. The van der Waals surface area contributed by atoms with E-state index in [2.05, 4.69) is 11.4 Å². The standard InChI is InChI=1S/C20H24ClNO4S/c1-27(24,25)20-7-5-19(6-8-20)26-13-18(23)12-22-17-10-15(11-17)14-3-2-4-16(21)9-14/h2-9,15,17-18,22-23H,10-13H2,1H3/t15?,17?,18-/m0/s1. The first-order chi connectivity index (χ1) is 12.8. The van der Waals surface area contributed by atoms with E-state index in [4.69, 9.17) is 16.3 Å². The first-order valence-electron chi connectivity index (χ1n) is 8.91. The van der Waals surface area contributed by atoms with Crippen LogP contribution in [0.5, 0.6) is 5.75 Å². The molecule has 0 aromatic heterocycles. The molecular formula is C20H24ClNO4S. The van der Waals surface area contributed by atoms with Crippen LogP contribution in [0.1, 0.15) is 24.3 Å². The average Bonchev–Trinajstić information content (AvgIpc) is 2.58. The minimum Gasteiger partial charge on any atom is -0.491 e. The van der Waals surface area contributed by atoms with Crippen LogP contribution in [0, 0.1) is 0 Å². The van der Waals surface area contributed by atoms with Crippen LogP contribution in [0.15, 0.2) is 53.4 Å². The summed E-state index contributed by atoms with van der Waals surface area (Å²) in [5, 5.41) is 14.2. The Morgan fingerprint density at radius 2 is 1.93 bits per heavy atom. The molecule has 1 atom stereocenters. The molecule has 1 fully saturated rings. The Morgan fingerprint density at radius 1 is 1.22 bits per heavy atom. The van der Waals surface area contributed by atoms with Crippen LogP contribution >= 0.6 is 11.6 Å². The highest BCUT2D eigenvalue weighted by Crippen LogP contribution is 2.37. The van der Waals surface area contributed by atoms with Gasteiger partial charge in [0.05, 0.1) is 4.90 Å². The molecule has 2 aromatic rings. The van der Waals surface area contributed by atoms with E-state index in [9.17, 15) is 13.5 Å². The molecule has 0 aliphatic heterocycles. The largest absolute Gasteiger partial charge is 0.491 e. The van der Waals surface area contributed by atoms with E-state index in [1.54, 1.807) is 12.1 Å². The smallest absolute Gasteiger partial charge is 0.175 e. The molecule has 0 bridgehead atoms. The third-order valence-corrected chi connectivity index (χ3v) is 6.16. The van der Waals surface area contributed by atoms with Gasteiger partial charge in [0, 0.05) is 23.9 Å². The predicted octanol–water partition coefficient (Wildman–Crippen LogP) is 3.02. The van der Waals surface area contributed by atoms with Crippen molar-refractivity contribution in [3.63, 3.8) is 0 Å². The Hall–Kier alpha value is -1.60. The summed E-state index contributed by atoms with van der Waals surface area (Å²) in [6.45, 7) is 0.601. The van der Waals surface area contributed by atoms with Crippen molar-refractivity contribution in [1.82, 2.24) is 5.32 Å². The lowest BCUT2D eigenvalue weighted by atomic mass is 9.76. The summed E-state index contributed by atoms with van der Waals surface area (Å²) < 4.78 is 28.4. The maximum Gasteiger partial charge on any atom is 0.175 e. The number of hydrogen-bond acceptors (Lipinski definition) is 5. The quantitative estimate of drug-likeness (QED) is 0.700. The Balaban J connectivity index is 1.36. The van der Waals surface area contributed by atoms with Crippen molar-refractivity contribution < 1.29 is 18.3 Å². The van der Waals surface area contributed by atoms with Crippen LogP contribution in [0.25, 0.3) is 0 Å². The van der Waals surface area contributed by atoms with Gasteiger partial charge in [0.15, 0.2) is 9.84 Å². The van der Waals surface area contributed by atoms with Crippen molar-refractivity contribution in [2.24, 2.45) is 0 Å². The summed E-state index contributed by atoms with van der Waals surface area (Å²) in [6, 6.07) is 14.5. The second kappa shape index (κ2) is 8.61. The third-order valence-electron chi connectivity index (χ3n) is 4.79. The SMILES string of the molecule is CS(=O)(=O)c1ccc(OC[C@@H](O)CNC2CC(c3cccc(Cl)c3)C2)cc1. The van der Waals surface area contributed by atoms with Crippen LogP contribution in [0.3, 0.4) is 0 Å². The fourth-order valence-corrected chi connectivity index (χ4v) is 3.98. The highest BCUT2D eigenvalue weighted by Gasteiger charge is 2.30. The Bertz CT molecular complexity index is 864. The number of ether oxygens (including phenoxy) is 1. The normalized spacial score (nSPS) is 20.7. The number of halogens is 1. The summed E-state index contributed by atoms with van der Waals surface area (Å²) in [5.74, 6) is 1.05. The lowest BCUT2D eigenvalue weighted by Gasteiger charge is -2.37. The van der Waals surface area contributed by atoms with Crippen molar-refractivity contribution in [3.05, 3.63) is 59.1 Å². The van der Waals surface area contributed by atoms with E-state index in [1.165, 1.54) is 17.7 Å². The van der Waals surface area contributed by atoms with Crippen molar-refractivity contribution in [2.75, 3.05) is 19.4 Å². The molecule has 1 aliphatic carbocycles. The summed E-state index contributed by atoms with van der Waals surface area (Å²) in [6.07, 6.45) is 2.59. The van der Waals surface area contributed by atoms with Gasteiger partial charge in [-0.15, -0.1) is 0 Å². The molecule has 0 unspecified atom stereocenters. The van der Waals surface area contributed by atoms with Crippen molar-refractivity contribution >= 4 is 21.4 Å². The number of aliphatic hydroxyl groups excluding tert-OH is 1. The summed E-state index contributed by atoms with van der Waals surface area (Å²) in [4.78, 5) is 0.247. The first kappa shape index (κ1) is 20.1. The molecule has 2 N–H and O–H groups in total. The monoisotopic (exact) mass is 409 g/mol. The molecule has 27 heavy (non-hydrogen) atoms. The van der Waals surface area contributed by atoms with E-state index < -0.39 is 15.9 Å². The molecule has 0 saturated heterocycles. The zero-order valence-corrected chi connectivity index (χ0v) is 16.7. The molecule has 0 spiro atoms. The minimum absolute atomic E-state index is 0.148. The van der Waals surface area contributed by atoms with Gasteiger partial charge in [-0.25, -0.2) is 8.42 Å². The van der Waals surface area contributed by atoms with E-state index in [0.29, 0.717) is 24.3 Å². The minimum atomic E-state index is -3.21. The van der Waals surface area contributed by atoms with Gasteiger partial charge >= 0.3 is 0 Å². The van der Waals surface area contributed by atoms with Gasteiger partial charge in [-0.3, -0.25) is 0 Å². The molecule has 0 radical (unpaired) electrons. The van der Waals surface area contributed by atoms with E-state index in [0.717, 1.165) is 24.1 Å². The van der Waals surface area contributed by atoms with Crippen molar-refractivity contribution in [3.8, 4) is 5.75 Å². The highest BCUT2D eigenvalue weighted by molar-refractivity contribution is 7.90. The maximum atomic E-state index is 11.4. The molecule has 1 saturated carbocycles. The molecule has 1 aliphatic rings. The third kappa shape index (κ3) is 5.69. The lowest BCUT2D eigenvalue weighted by Crippen LogP contribution is -2.44.